The van der Waals surface area contributed by atoms with Crippen LogP contribution in [0.2, 0.25) is 0 Å². The third kappa shape index (κ3) is 5.07. The van der Waals surface area contributed by atoms with Gasteiger partial charge in [-0.2, -0.15) is 0 Å². The molecule has 1 rings (SSSR count). The Kier molecular flexibility index (Phi) is 4.92. The Balaban J connectivity index is 2.61. The minimum Gasteiger partial charge on any atom is -0.549 e. The van der Waals surface area contributed by atoms with Gasteiger partial charge in [0, 0.05) is 12.6 Å². The molecule has 7 heteroatoms. The first kappa shape index (κ1) is 13.6. The van der Waals surface area contributed by atoms with E-state index in [2.05, 4.69) is 0 Å². The Morgan fingerprint density at radius 3 is 2.31 bits per heavy atom. The van der Waals surface area contributed by atoms with Gasteiger partial charge in [0.15, 0.2) is 0 Å². The number of hydrogen-bond acceptors (Lipinski definition) is 4. The van der Waals surface area contributed by atoms with Gasteiger partial charge in [0.1, 0.15) is 6.29 Å². The topological polar surface area (TPSA) is 101 Å². The maximum Gasteiger partial charge on any atom is 0.339 e. The third-order valence-corrected chi connectivity index (χ3v) is 3.52. The summed E-state index contributed by atoms with van der Waals surface area (Å²) in [6, 6.07) is -0.0423. The molecular weight excluding hydrogens is 233 g/mol. The Morgan fingerprint density at radius 2 is 1.88 bits per heavy atom. The van der Waals surface area contributed by atoms with E-state index in [0.29, 0.717) is 0 Å². The number of aliphatic carboxylic acids is 1. The molecule has 0 heterocycles. The van der Waals surface area contributed by atoms with Crippen molar-refractivity contribution in [2.45, 2.75) is 38.1 Å². The highest BCUT2D eigenvalue weighted by molar-refractivity contribution is 7.51. The molecule has 0 unspecified atom stereocenters. The summed E-state index contributed by atoms with van der Waals surface area (Å²) in [5.41, 5.74) is 0. The quantitative estimate of drug-likeness (QED) is 0.638. The second kappa shape index (κ2) is 5.77. The van der Waals surface area contributed by atoms with Crippen LogP contribution >= 0.6 is 7.60 Å². The molecule has 0 bridgehead atoms. The maximum absolute atomic E-state index is 10.9. The summed E-state index contributed by atoms with van der Waals surface area (Å²) in [5.74, 6) is -1.29. The number of rotatable bonds is 5. The standard InChI is InChI=1S/C9H18NO5P/c11-9(12)6-10(7-16(13,14)15)8-4-2-1-3-5-8/h8H,1-7H2,(H,11,12)(H2,13,14,15)/p-1. The van der Waals surface area contributed by atoms with E-state index >= 15 is 0 Å². The fourth-order valence-corrected chi connectivity index (χ4v) is 2.95. The van der Waals surface area contributed by atoms with Crippen LogP contribution in [-0.4, -0.2) is 39.5 Å². The number of carbonyl (C=O) groups is 1. The minimum atomic E-state index is -4.21. The Morgan fingerprint density at radius 1 is 1.31 bits per heavy atom. The average molecular weight is 250 g/mol. The first-order valence-corrected chi connectivity index (χ1v) is 7.17. The molecule has 0 spiro atoms. The molecule has 1 fully saturated rings. The number of carboxylic acid groups (broad SMARTS) is 1. The molecule has 0 aromatic rings. The van der Waals surface area contributed by atoms with E-state index in [1.54, 1.807) is 0 Å². The first-order valence-electron chi connectivity index (χ1n) is 5.37. The fourth-order valence-electron chi connectivity index (χ4n) is 2.14. The second-order valence-electron chi connectivity index (χ2n) is 4.22. The molecule has 94 valence electrons. The van der Waals surface area contributed by atoms with Gasteiger partial charge in [0.2, 0.25) is 0 Å². The molecule has 1 saturated carbocycles. The monoisotopic (exact) mass is 250 g/mol. The van der Waals surface area contributed by atoms with E-state index in [1.807, 2.05) is 0 Å². The molecule has 0 aromatic carbocycles. The maximum atomic E-state index is 10.9. The van der Waals surface area contributed by atoms with Crippen LogP contribution in [0.15, 0.2) is 0 Å². The molecule has 0 radical (unpaired) electrons. The molecule has 0 aliphatic heterocycles. The van der Waals surface area contributed by atoms with Crippen molar-refractivity contribution >= 4 is 13.6 Å². The van der Waals surface area contributed by atoms with Crippen LogP contribution in [0.3, 0.4) is 0 Å². The zero-order valence-electron chi connectivity index (χ0n) is 9.04. The van der Waals surface area contributed by atoms with Crippen LogP contribution in [0, 0.1) is 0 Å². The summed E-state index contributed by atoms with van der Waals surface area (Å²) >= 11 is 0. The molecule has 0 saturated heterocycles. The second-order valence-corrected chi connectivity index (χ2v) is 5.83. The summed E-state index contributed by atoms with van der Waals surface area (Å²) in [6.07, 6.45) is 4.17. The lowest BCUT2D eigenvalue weighted by Crippen LogP contribution is -2.44. The molecule has 1 aliphatic carbocycles. The highest BCUT2D eigenvalue weighted by atomic mass is 31.2. The molecule has 6 nitrogen and oxygen atoms in total. The van der Waals surface area contributed by atoms with E-state index < -0.39 is 26.4 Å². The van der Waals surface area contributed by atoms with E-state index in [9.17, 15) is 14.5 Å². The largest absolute Gasteiger partial charge is 0.549 e. The van der Waals surface area contributed by atoms with Crippen molar-refractivity contribution in [3.63, 3.8) is 0 Å². The van der Waals surface area contributed by atoms with Crippen molar-refractivity contribution in [1.82, 2.24) is 4.90 Å². The van der Waals surface area contributed by atoms with Crippen LogP contribution < -0.4 is 5.11 Å². The zero-order chi connectivity index (χ0) is 12.2. The van der Waals surface area contributed by atoms with Crippen molar-refractivity contribution in [3.05, 3.63) is 0 Å². The molecular formula is C9H17NO5P-. The highest BCUT2D eigenvalue weighted by Gasteiger charge is 2.26. The van der Waals surface area contributed by atoms with Crippen LogP contribution in [0.5, 0.6) is 0 Å². The summed E-state index contributed by atoms with van der Waals surface area (Å²) in [7, 11) is -4.21. The summed E-state index contributed by atoms with van der Waals surface area (Å²) < 4.78 is 10.9. The van der Waals surface area contributed by atoms with Crippen LogP contribution in [0.4, 0.5) is 0 Å². The molecule has 0 amide bonds. The lowest BCUT2D eigenvalue weighted by atomic mass is 9.94. The van der Waals surface area contributed by atoms with Gasteiger partial charge < -0.3 is 19.7 Å². The van der Waals surface area contributed by atoms with Gasteiger partial charge >= 0.3 is 7.60 Å². The van der Waals surface area contributed by atoms with E-state index in [-0.39, 0.29) is 6.04 Å². The van der Waals surface area contributed by atoms with Crippen molar-refractivity contribution in [2.24, 2.45) is 0 Å². The predicted molar refractivity (Wildman–Crippen MR) is 55.5 cm³/mol. The van der Waals surface area contributed by atoms with Gasteiger partial charge in [0.25, 0.3) is 0 Å². The summed E-state index contributed by atoms with van der Waals surface area (Å²) in [4.78, 5) is 29.7. The van der Waals surface area contributed by atoms with Crippen molar-refractivity contribution < 1.29 is 24.3 Å². The highest BCUT2D eigenvalue weighted by Crippen LogP contribution is 2.37. The smallest absolute Gasteiger partial charge is 0.339 e. The van der Waals surface area contributed by atoms with Crippen molar-refractivity contribution in [2.75, 3.05) is 12.8 Å². The van der Waals surface area contributed by atoms with Crippen molar-refractivity contribution in [3.8, 4) is 0 Å². The molecule has 0 atom stereocenters. The molecule has 16 heavy (non-hydrogen) atoms. The van der Waals surface area contributed by atoms with Crippen molar-refractivity contribution in [1.29, 1.82) is 0 Å². The lowest BCUT2D eigenvalue weighted by Gasteiger charge is -2.34. The third-order valence-electron chi connectivity index (χ3n) is 2.79. The zero-order valence-corrected chi connectivity index (χ0v) is 9.94. The van der Waals surface area contributed by atoms with Gasteiger partial charge in [0.05, 0.1) is 5.97 Å². The number of carbonyl (C=O) groups excluding carboxylic acids is 1. The SMILES string of the molecule is O=C([O-])CN(CP(=O)(O)O)C1CCCCC1. The van der Waals surface area contributed by atoms with Gasteiger partial charge in [-0.3, -0.25) is 9.46 Å². The number of nitrogens with zero attached hydrogens (tertiary/aromatic N) is 1. The Labute approximate surface area is 94.4 Å². The molecule has 0 aromatic heterocycles. The summed E-state index contributed by atoms with van der Waals surface area (Å²) in [5, 5.41) is 10.5. The fraction of sp³-hybridized carbons (Fsp3) is 0.889. The van der Waals surface area contributed by atoms with E-state index in [4.69, 9.17) is 9.79 Å². The number of carboxylic acids is 1. The van der Waals surface area contributed by atoms with Gasteiger partial charge in [-0.05, 0) is 12.8 Å². The normalized spacial score (nSPS) is 18.9. The average Bonchev–Trinajstić information content (AvgIpc) is 2.15. The predicted octanol–water partition coefficient (Wildman–Crippen LogP) is -0.494. The molecule has 2 N–H and O–H groups in total. The minimum absolute atomic E-state index is 0.0423. The van der Waals surface area contributed by atoms with Gasteiger partial charge in [-0.25, -0.2) is 0 Å². The summed E-state index contributed by atoms with van der Waals surface area (Å²) in [6.45, 7) is -0.407. The van der Waals surface area contributed by atoms with Crippen LogP contribution in [0.1, 0.15) is 32.1 Å². The number of hydrogen-bond donors (Lipinski definition) is 2. The van der Waals surface area contributed by atoms with E-state index in [0.717, 1.165) is 32.1 Å². The molecule has 1 aliphatic rings. The van der Waals surface area contributed by atoms with Crippen LogP contribution in [0.25, 0.3) is 0 Å². The Hall–Kier alpha value is -0.420. The van der Waals surface area contributed by atoms with E-state index in [1.165, 1.54) is 4.90 Å². The van der Waals surface area contributed by atoms with Crippen LogP contribution in [-0.2, 0) is 9.36 Å². The van der Waals surface area contributed by atoms with Gasteiger partial charge in [-0.15, -0.1) is 0 Å². The lowest BCUT2D eigenvalue weighted by molar-refractivity contribution is -0.306. The van der Waals surface area contributed by atoms with Gasteiger partial charge in [-0.1, -0.05) is 19.3 Å². The Bertz CT molecular complexity index is 284. The first-order chi connectivity index (χ1) is 7.38.